The largest absolute Gasteiger partial charge is 0.472 e. The van der Waals surface area contributed by atoms with Crippen LogP contribution in [-0.2, 0) is 46.0 Å². The average Bonchev–Trinajstić information content (AvgIpc) is 3.62. The molecule has 0 spiro atoms. The molecule has 238 valence electrons. The van der Waals surface area contributed by atoms with Crippen molar-refractivity contribution in [2.45, 2.75) is 76.3 Å². The number of aryl methyl sites for hydroxylation is 3. The van der Waals surface area contributed by atoms with Gasteiger partial charge in [0.1, 0.15) is 22.0 Å². The summed E-state index contributed by atoms with van der Waals surface area (Å²) in [7, 11) is -2.21. The number of sulfonamides is 1. The number of nitrogens with zero attached hydrogens (tertiary/aromatic N) is 5. The molecule has 13 heteroatoms. The number of hydrogen-bond acceptors (Lipinski definition) is 8. The van der Waals surface area contributed by atoms with Crippen LogP contribution in [0.1, 0.15) is 72.4 Å². The van der Waals surface area contributed by atoms with Crippen LogP contribution in [0, 0.1) is 6.92 Å². The molecule has 0 radical (unpaired) electrons. The van der Waals surface area contributed by atoms with Crippen molar-refractivity contribution in [3.05, 3.63) is 73.9 Å². The second-order valence-electron chi connectivity index (χ2n) is 11.6. The third-order valence-corrected chi connectivity index (χ3v) is 11.1. The lowest BCUT2D eigenvalue weighted by Gasteiger charge is -2.26. The first-order valence-electron chi connectivity index (χ1n) is 15.1. The molecule has 2 atom stereocenters. The molecule has 0 saturated carbocycles. The predicted octanol–water partition coefficient (Wildman–Crippen LogP) is 5.91. The molecule has 3 heterocycles. The van der Waals surface area contributed by atoms with Crippen molar-refractivity contribution < 1.29 is 22.7 Å². The van der Waals surface area contributed by atoms with Crippen LogP contribution < -0.4 is 4.74 Å². The molecule has 0 amide bonds. The monoisotopic (exact) mass is 671 g/mol. The minimum absolute atomic E-state index is 0.0403. The summed E-state index contributed by atoms with van der Waals surface area (Å²) in [6.07, 6.45) is 4.36. The van der Waals surface area contributed by atoms with Gasteiger partial charge in [-0.05, 0) is 85.0 Å². The van der Waals surface area contributed by atoms with Crippen molar-refractivity contribution in [2.75, 3.05) is 13.2 Å². The van der Waals surface area contributed by atoms with Crippen LogP contribution in [-0.4, -0.2) is 57.9 Å². The zero-order valence-electron chi connectivity index (χ0n) is 25.6. The van der Waals surface area contributed by atoms with Crippen molar-refractivity contribution in [2.24, 2.45) is 7.05 Å². The number of carbonyl (C=O) groups is 1. The number of esters is 1. The first kappa shape index (κ1) is 31.7. The van der Waals surface area contributed by atoms with Crippen LogP contribution in [0.3, 0.4) is 0 Å². The lowest BCUT2D eigenvalue weighted by atomic mass is 9.83. The Labute approximate surface area is 272 Å². The lowest BCUT2D eigenvalue weighted by Crippen LogP contribution is -2.36. The number of rotatable bonds is 8. The Bertz CT molecular complexity index is 1910. The number of halogens is 2. The summed E-state index contributed by atoms with van der Waals surface area (Å²) >= 11 is 13.0. The van der Waals surface area contributed by atoms with Crippen molar-refractivity contribution >= 4 is 50.2 Å². The molecule has 10 nitrogen and oxygen atoms in total. The van der Waals surface area contributed by atoms with Crippen molar-refractivity contribution in [3.63, 3.8) is 0 Å². The Morgan fingerprint density at radius 1 is 1.18 bits per heavy atom. The van der Waals surface area contributed by atoms with E-state index in [0.717, 1.165) is 58.2 Å². The third kappa shape index (κ3) is 5.91. The molecule has 1 aliphatic heterocycles. The molecular weight excluding hydrogens is 637 g/mol. The molecule has 2 aliphatic rings. The summed E-state index contributed by atoms with van der Waals surface area (Å²) < 4.78 is 42.7. The quantitative estimate of drug-likeness (QED) is 0.212. The SMILES string of the molecule is CCOC(=O)C[C@@H](c1cc2c(c(CN3C[C@@H](CC)Oc4ncc(Cl)cc4S3(=O)=O)c1)CCC2)c1cc(Cl)c2c(nnn2C)c1C. The van der Waals surface area contributed by atoms with Gasteiger partial charge in [0.05, 0.1) is 29.6 Å². The molecule has 0 saturated heterocycles. The maximum Gasteiger partial charge on any atom is 0.306 e. The normalized spacial score (nSPS) is 18.2. The zero-order chi connectivity index (χ0) is 32.0. The second-order valence-corrected chi connectivity index (χ2v) is 14.4. The highest BCUT2D eigenvalue weighted by Gasteiger charge is 2.37. The number of aromatic nitrogens is 4. The van der Waals surface area contributed by atoms with Gasteiger partial charge in [0.25, 0.3) is 0 Å². The minimum Gasteiger partial charge on any atom is -0.472 e. The standard InChI is InChI=1S/C32H35Cl2N5O5S/c1-5-23-17-39(45(41,42)28-12-22(33)15-35-32(28)44-23)16-21-11-20(10-19-8-7-9-24(19)21)26(14-29(40)43-6-2)25-13-27(34)31-30(18(25)3)36-37-38(31)4/h10-13,15,23,26H,5-9,14,16-17H2,1-4H3/t23-,26+/m1/s1. The fourth-order valence-electron chi connectivity index (χ4n) is 6.54. The molecule has 45 heavy (non-hydrogen) atoms. The number of ether oxygens (including phenoxy) is 2. The van der Waals surface area contributed by atoms with E-state index in [0.29, 0.717) is 17.0 Å². The fourth-order valence-corrected chi connectivity index (χ4v) is 8.64. The number of carbonyl (C=O) groups excluding carboxylic acids is 1. The number of pyridine rings is 1. The zero-order valence-corrected chi connectivity index (χ0v) is 28.0. The number of benzene rings is 2. The molecule has 2 aromatic heterocycles. The summed E-state index contributed by atoms with van der Waals surface area (Å²) in [5.41, 5.74) is 7.20. The molecule has 0 bridgehead atoms. The van der Waals surface area contributed by atoms with Gasteiger partial charge in [0.15, 0.2) is 0 Å². The number of fused-ring (bicyclic) bond motifs is 3. The van der Waals surface area contributed by atoms with E-state index in [4.69, 9.17) is 32.7 Å². The van der Waals surface area contributed by atoms with Crippen LogP contribution >= 0.6 is 23.2 Å². The molecule has 1 aliphatic carbocycles. The summed E-state index contributed by atoms with van der Waals surface area (Å²) in [5, 5.41) is 9.23. The average molecular weight is 673 g/mol. The maximum absolute atomic E-state index is 14.1. The smallest absolute Gasteiger partial charge is 0.306 e. The van der Waals surface area contributed by atoms with E-state index in [1.54, 1.807) is 18.7 Å². The summed E-state index contributed by atoms with van der Waals surface area (Å²) in [4.78, 5) is 17.2. The van der Waals surface area contributed by atoms with E-state index >= 15 is 0 Å². The fraction of sp³-hybridized carbons (Fsp3) is 0.438. The van der Waals surface area contributed by atoms with Gasteiger partial charge >= 0.3 is 5.97 Å². The van der Waals surface area contributed by atoms with Crippen LogP contribution in [0.4, 0.5) is 0 Å². The topological polar surface area (TPSA) is 117 Å². The highest BCUT2D eigenvalue weighted by molar-refractivity contribution is 7.89. The predicted molar refractivity (Wildman–Crippen MR) is 171 cm³/mol. The first-order valence-corrected chi connectivity index (χ1v) is 17.3. The Hall–Kier alpha value is -3.25. The van der Waals surface area contributed by atoms with Crippen molar-refractivity contribution in [1.29, 1.82) is 0 Å². The van der Waals surface area contributed by atoms with Crippen molar-refractivity contribution in [1.82, 2.24) is 24.3 Å². The summed E-state index contributed by atoms with van der Waals surface area (Å²) in [6.45, 7) is 6.26. The lowest BCUT2D eigenvalue weighted by molar-refractivity contribution is -0.143. The maximum atomic E-state index is 14.1. The van der Waals surface area contributed by atoms with Crippen molar-refractivity contribution in [3.8, 4) is 5.88 Å². The van der Waals surface area contributed by atoms with Gasteiger partial charge in [0, 0.05) is 25.7 Å². The van der Waals surface area contributed by atoms with Gasteiger partial charge in [-0.1, -0.05) is 47.5 Å². The molecule has 4 aromatic rings. The molecular formula is C32H35Cl2N5O5S. The van der Waals surface area contributed by atoms with E-state index < -0.39 is 15.9 Å². The Morgan fingerprint density at radius 3 is 2.73 bits per heavy atom. The Balaban J connectivity index is 1.48. The van der Waals surface area contributed by atoms with E-state index in [9.17, 15) is 13.2 Å². The molecule has 2 aromatic carbocycles. The Morgan fingerprint density at radius 2 is 1.98 bits per heavy atom. The van der Waals surface area contributed by atoms with Crippen LogP contribution in [0.15, 0.2) is 35.4 Å². The third-order valence-electron chi connectivity index (χ3n) is 8.80. The van der Waals surface area contributed by atoms with Crippen LogP contribution in [0.25, 0.3) is 11.0 Å². The van der Waals surface area contributed by atoms with E-state index in [1.807, 2.05) is 26.0 Å². The highest BCUT2D eigenvalue weighted by Crippen LogP contribution is 2.40. The second kappa shape index (κ2) is 12.5. The van der Waals surface area contributed by atoms with Gasteiger partial charge in [-0.2, -0.15) is 4.31 Å². The van der Waals surface area contributed by atoms with Gasteiger partial charge in [-0.15, -0.1) is 5.10 Å². The van der Waals surface area contributed by atoms with Crippen LogP contribution in [0.2, 0.25) is 10.0 Å². The number of hydrogen-bond donors (Lipinski definition) is 0. The minimum atomic E-state index is -3.99. The first-order chi connectivity index (χ1) is 21.5. The summed E-state index contributed by atoms with van der Waals surface area (Å²) in [5.74, 6) is -0.680. The van der Waals surface area contributed by atoms with Gasteiger partial charge < -0.3 is 9.47 Å². The molecule has 6 rings (SSSR count). The van der Waals surface area contributed by atoms with Gasteiger partial charge in [-0.25, -0.2) is 18.1 Å². The molecule has 0 unspecified atom stereocenters. The highest BCUT2D eigenvalue weighted by atomic mass is 35.5. The molecule has 0 fully saturated rings. The van der Waals surface area contributed by atoms with E-state index in [1.165, 1.54) is 16.6 Å². The molecule has 0 N–H and O–H groups in total. The van der Waals surface area contributed by atoms with E-state index in [-0.39, 0.29) is 54.0 Å². The van der Waals surface area contributed by atoms with Gasteiger partial charge in [-0.3, -0.25) is 4.79 Å². The summed E-state index contributed by atoms with van der Waals surface area (Å²) in [6, 6.07) is 7.48. The van der Waals surface area contributed by atoms with Gasteiger partial charge in [0.2, 0.25) is 15.9 Å². The van der Waals surface area contributed by atoms with E-state index in [2.05, 4.69) is 21.4 Å². The van der Waals surface area contributed by atoms with Crippen LogP contribution in [0.5, 0.6) is 5.88 Å². The Kier molecular flexibility index (Phi) is 8.82.